The predicted octanol–water partition coefficient (Wildman–Crippen LogP) is 0.274. The summed E-state index contributed by atoms with van der Waals surface area (Å²) in [5.41, 5.74) is 7.39. The number of aromatic amines is 1. The smallest absolute Gasteiger partial charge is 0.326 e. The Bertz CT molecular complexity index is 971. The van der Waals surface area contributed by atoms with Gasteiger partial charge in [0.25, 0.3) is 0 Å². The summed E-state index contributed by atoms with van der Waals surface area (Å²) in [7, 11) is 0. The molecule has 0 aliphatic carbocycles. The molecular formula is C22H31N5O5. The Morgan fingerprint density at radius 1 is 1.06 bits per heavy atom. The van der Waals surface area contributed by atoms with Crippen LogP contribution >= 0.6 is 0 Å². The quantitative estimate of drug-likeness (QED) is 0.290. The van der Waals surface area contributed by atoms with E-state index < -0.39 is 41.8 Å². The number of rotatable bonds is 11. The lowest BCUT2D eigenvalue weighted by Crippen LogP contribution is -2.53. The second-order valence-electron chi connectivity index (χ2n) is 8.21. The van der Waals surface area contributed by atoms with Crippen molar-refractivity contribution in [2.75, 3.05) is 6.54 Å². The number of fused-ring (bicyclic) bond motifs is 1. The third kappa shape index (κ3) is 7.09. The average Bonchev–Trinajstić information content (AvgIpc) is 3.13. The first-order valence-electron chi connectivity index (χ1n) is 10.5. The number of hydrogen-bond donors (Lipinski definition) is 6. The molecule has 10 heteroatoms. The molecule has 1 aromatic heterocycles. The molecule has 2 aromatic rings. The number of amides is 3. The molecule has 3 unspecified atom stereocenters. The first kappa shape index (κ1) is 24.9. The fraction of sp³-hybridized carbons (Fsp3) is 0.455. The summed E-state index contributed by atoms with van der Waals surface area (Å²) in [4.78, 5) is 51.2. The molecule has 0 saturated carbocycles. The number of aromatic nitrogens is 1. The van der Waals surface area contributed by atoms with Crippen LogP contribution in [-0.2, 0) is 25.6 Å². The number of H-pyrrole nitrogens is 1. The summed E-state index contributed by atoms with van der Waals surface area (Å²) >= 11 is 0. The van der Waals surface area contributed by atoms with Gasteiger partial charge in [-0.2, -0.15) is 0 Å². The Hall–Kier alpha value is -3.40. The normalized spacial score (nSPS) is 13.9. The molecule has 3 amide bonds. The van der Waals surface area contributed by atoms with Gasteiger partial charge in [-0.25, -0.2) is 4.79 Å². The van der Waals surface area contributed by atoms with Crippen LogP contribution in [0.2, 0.25) is 0 Å². The largest absolute Gasteiger partial charge is 0.480 e. The Morgan fingerprint density at radius 3 is 2.41 bits per heavy atom. The van der Waals surface area contributed by atoms with Crippen LogP contribution < -0.4 is 21.7 Å². The van der Waals surface area contributed by atoms with Crippen molar-refractivity contribution in [3.8, 4) is 0 Å². The van der Waals surface area contributed by atoms with Crippen LogP contribution in [0.15, 0.2) is 30.5 Å². The second kappa shape index (κ2) is 11.3. The summed E-state index contributed by atoms with van der Waals surface area (Å²) in [5.74, 6) is -2.63. The third-order valence-corrected chi connectivity index (χ3v) is 4.97. The number of carbonyl (C=O) groups is 4. The van der Waals surface area contributed by atoms with Gasteiger partial charge in [0.2, 0.25) is 17.7 Å². The number of nitrogens with two attached hydrogens (primary N) is 1. The highest BCUT2D eigenvalue weighted by molar-refractivity contribution is 5.92. The fourth-order valence-corrected chi connectivity index (χ4v) is 3.29. The van der Waals surface area contributed by atoms with Gasteiger partial charge >= 0.3 is 5.97 Å². The number of hydrogen-bond acceptors (Lipinski definition) is 5. The first-order chi connectivity index (χ1) is 15.1. The van der Waals surface area contributed by atoms with Crippen LogP contribution in [0.25, 0.3) is 10.9 Å². The van der Waals surface area contributed by atoms with Crippen molar-refractivity contribution in [3.05, 3.63) is 36.0 Å². The fourth-order valence-electron chi connectivity index (χ4n) is 3.29. The van der Waals surface area contributed by atoms with Crippen molar-refractivity contribution < 1.29 is 24.3 Å². The van der Waals surface area contributed by atoms with Crippen molar-refractivity contribution in [3.63, 3.8) is 0 Å². The van der Waals surface area contributed by atoms with Gasteiger partial charge < -0.3 is 31.8 Å². The van der Waals surface area contributed by atoms with Crippen molar-refractivity contribution in [2.45, 2.75) is 51.7 Å². The van der Waals surface area contributed by atoms with Gasteiger partial charge in [0, 0.05) is 23.5 Å². The minimum atomic E-state index is -1.19. The van der Waals surface area contributed by atoms with Gasteiger partial charge in [-0.15, -0.1) is 0 Å². The van der Waals surface area contributed by atoms with E-state index in [9.17, 15) is 24.3 Å². The third-order valence-electron chi connectivity index (χ3n) is 4.97. The molecule has 0 radical (unpaired) electrons. The molecule has 0 bridgehead atoms. The zero-order valence-corrected chi connectivity index (χ0v) is 18.5. The van der Waals surface area contributed by atoms with Gasteiger partial charge in [0.15, 0.2) is 0 Å². The van der Waals surface area contributed by atoms with Crippen molar-refractivity contribution in [1.29, 1.82) is 0 Å². The van der Waals surface area contributed by atoms with Crippen molar-refractivity contribution in [2.24, 2.45) is 11.7 Å². The van der Waals surface area contributed by atoms with Crippen LogP contribution in [0.4, 0.5) is 0 Å². The van der Waals surface area contributed by atoms with Gasteiger partial charge in [-0.1, -0.05) is 32.0 Å². The SMILES string of the molecule is CC(C)CC(N)C(=O)NCC(=O)NC(C)C(=O)NC(Cc1c[nH]c2ccccc12)C(=O)O. The maximum atomic E-state index is 12.4. The van der Waals surface area contributed by atoms with E-state index in [1.165, 1.54) is 6.92 Å². The first-order valence-corrected chi connectivity index (χ1v) is 10.5. The molecule has 174 valence electrons. The zero-order chi connectivity index (χ0) is 23.8. The Labute approximate surface area is 186 Å². The number of carboxylic acid groups (broad SMARTS) is 1. The van der Waals surface area contributed by atoms with E-state index in [0.29, 0.717) is 6.42 Å². The Kier molecular flexibility index (Phi) is 8.77. The molecule has 0 aliphatic rings. The monoisotopic (exact) mass is 445 g/mol. The molecular weight excluding hydrogens is 414 g/mol. The molecule has 0 saturated heterocycles. The number of benzene rings is 1. The van der Waals surface area contributed by atoms with Gasteiger partial charge in [0.05, 0.1) is 12.6 Å². The van der Waals surface area contributed by atoms with E-state index in [0.717, 1.165) is 16.5 Å². The van der Waals surface area contributed by atoms with Gasteiger partial charge in [-0.05, 0) is 30.9 Å². The summed E-state index contributed by atoms with van der Waals surface area (Å²) in [5, 5.41) is 17.7. The van der Waals surface area contributed by atoms with E-state index in [1.807, 2.05) is 38.1 Å². The lowest BCUT2D eigenvalue weighted by molar-refractivity contribution is -0.142. The molecule has 32 heavy (non-hydrogen) atoms. The summed E-state index contributed by atoms with van der Waals surface area (Å²) in [6, 6.07) is 4.57. The van der Waals surface area contributed by atoms with Crippen LogP contribution in [0.1, 0.15) is 32.8 Å². The van der Waals surface area contributed by atoms with E-state index in [2.05, 4.69) is 20.9 Å². The highest BCUT2D eigenvalue weighted by Crippen LogP contribution is 2.19. The predicted molar refractivity (Wildman–Crippen MR) is 120 cm³/mol. The summed E-state index contributed by atoms with van der Waals surface area (Å²) < 4.78 is 0. The van der Waals surface area contributed by atoms with Gasteiger partial charge in [0.1, 0.15) is 12.1 Å². The van der Waals surface area contributed by atoms with Crippen LogP contribution in [0.3, 0.4) is 0 Å². The number of carboxylic acids is 1. The van der Waals surface area contributed by atoms with E-state index in [4.69, 9.17) is 5.73 Å². The Balaban J connectivity index is 1.88. The molecule has 0 aliphatic heterocycles. The lowest BCUT2D eigenvalue weighted by Gasteiger charge is -2.19. The summed E-state index contributed by atoms with van der Waals surface area (Å²) in [6.07, 6.45) is 2.28. The number of para-hydroxylation sites is 1. The molecule has 0 spiro atoms. The summed E-state index contributed by atoms with van der Waals surface area (Å²) in [6.45, 7) is 4.97. The van der Waals surface area contributed by atoms with Crippen LogP contribution in [0.5, 0.6) is 0 Å². The van der Waals surface area contributed by atoms with Crippen molar-refractivity contribution in [1.82, 2.24) is 20.9 Å². The highest BCUT2D eigenvalue weighted by Gasteiger charge is 2.25. The molecule has 10 nitrogen and oxygen atoms in total. The van der Waals surface area contributed by atoms with E-state index >= 15 is 0 Å². The Morgan fingerprint density at radius 2 is 1.75 bits per heavy atom. The topological polar surface area (TPSA) is 166 Å². The molecule has 1 aromatic carbocycles. The van der Waals surface area contributed by atoms with E-state index in [1.54, 1.807) is 6.20 Å². The van der Waals surface area contributed by atoms with Crippen LogP contribution in [0, 0.1) is 5.92 Å². The highest BCUT2D eigenvalue weighted by atomic mass is 16.4. The standard InChI is InChI=1S/C22H31N5O5/c1-12(2)8-16(23)21(30)25-11-19(28)26-13(3)20(29)27-18(22(31)32)9-14-10-24-17-7-5-4-6-15(14)17/h4-7,10,12-13,16,18,24H,8-9,11,23H2,1-3H3,(H,25,30)(H,26,28)(H,27,29)(H,31,32). The molecule has 2 rings (SSSR count). The molecule has 3 atom stereocenters. The minimum absolute atomic E-state index is 0.0789. The number of aliphatic carboxylic acids is 1. The molecule has 1 heterocycles. The van der Waals surface area contributed by atoms with Gasteiger partial charge in [-0.3, -0.25) is 14.4 Å². The number of carbonyl (C=O) groups excluding carboxylic acids is 3. The maximum absolute atomic E-state index is 12.4. The maximum Gasteiger partial charge on any atom is 0.326 e. The van der Waals surface area contributed by atoms with Crippen molar-refractivity contribution >= 4 is 34.6 Å². The lowest BCUT2D eigenvalue weighted by atomic mass is 10.0. The van der Waals surface area contributed by atoms with E-state index in [-0.39, 0.29) is 18.9 Å². The zero-order valence-electron chi connectivity index (χ0n) is 18.5. The van der Waals surface area contributed by atoms with Crippen LogP contribution in [-0.4, -0.2) is 58.5 Å². The molecule has 7 N–H and O–H groups in total. The second-order valence-corrected chi connectivity index (χ2v) is 8.21. The number of nitrogens with one attached hydrogen (secondary N) is 4. The molecule has 0 fully saturated rings. The average molecular weight is 446 g/mol. The minimum Gasteiger partial charge on any atom is -0.480 e.